The van der Waals surface area contributed by atoms with E-state index in [1.54, 1.807) is 4.90 Å². The maximum atomic E-state index is 13.2. The van der Waals surface area contributed by atoms with Crippen LogP contribution >= 0.6 is 0 Å². The number of aromatic amines is 1. The number of carbonyl (C=O) groups excluding carboxylic acids is 3. The van der Waals surface area contributed by atoms with Gasteiger partial charge in [0.2, 0.25) is 5.91 Å². The number of likely N-dealkylation sites (tertiary alicyclic amines) is 2. The molecule has 0 radical (unpaired) electrons. The quantitative estimate of drug-likeness (QED) is 0.292. The standard InChI is InChI=1S/C38H49N5O4/c1-23(2)24(3)36(45)43-20-8-10-32(43)34-40-31-18-16-28-21-27(15-17-30(28)33(31)41-34)25-11-13-26(14-12-25)35(44)39-22-29-9-7-19-42(29)37(46)47-38(4,5)6/h11-15,17,21,23-24,29,32H,7-10,16,18-20,22H2,1-6H3,(H,39,44)(H,40,41). The van der Waals surface area contributed by atoms with E-state index in [1.165, 1.54) is 5.56 Å². The van der Waals surface area contributed by atoms with Crippen LogP contribution in [-0.4, -0.2) is 69.0 Å². The Morgan fingerprint density at radius 1 is 0.957 bits per heavy atom. The summed E-state index contributed by atoms with van der Waals surface area (Å²) in [7, 11) is 0. The number of H-pyrrole nitrogens is 1. The summed E-state index contributed by atoms with van der Waals surface area (Å²) in [5.41, 5.74) is 6.74. The first-order chi connectivity index (χ1) is 22.4. The van der Waals surface area contributed by atoms with Gasteiger partial charge in [-0.25, -0.2) is 9.78 Å². The molecule has 6 rings (SSSR count). The average molecular weight is 640 g/mol. The first-order valence-electron chi connectivity index (χ1n) is 17.3. The molecule has 0 spiro atoms. The number of hydrogen-bond acceptors (Lipinski definition) is 5. The first kappa shape index (κ1) is 32.8. The topological polar surface area (TPSA) is 108 Å². The van der Waals surface area contributed by atoms with Crippen LogP contribution in [0.2, 0.25) is 0 Å². The van der Waals surface area contributed by atoms with E-state index in [-0.39, 0.29) is 35.9 Å². The molecule has 3 aliphatic rings. The molecule has 1 aromatic heterocycles. The zero-order valence-corrected chi connectivity index (χ0v) is 28.7. The van der Waals surface area contributed by atoms with Crippen molar-refractivity contribution in [3.8, 4) is 22.4 Å². The van der Waals surface area contributed by atoms with Crippen LogP contribution in [0.3, 0.4) is 0 Å². The summed E-state index contributed by atoms with van der Waals surface area (Å²) in [6.07, 6.45) is 5.15. The molecule has 9 heteroatoms. The zero-order chi connectivity index (χ0) is 33.5. The Labute approximate surface area is 278 Å². The minimum absolute atomic E-state index is 0.00326. The Hall–Kier alpha value is -4.14. The second-order valence-electron chi connectivity index (χ2n) is 14.8. The lowest BCUT2D eigenvalue weighted by molar-refractivity contribution is -0.137. The number of fused-ring (bicyclic) bond motifs is 3. The summed E-state index contributed by atoms with van der Waals surface area (Å²) < 4.78 is 5.55. The number of benzene rings is 2. The largest absolute Gasteiger partial charge is 0.444 e. The molecule has 2 aliphatic heterocycles. The molecule has 3 aromatic rings. The number of aromatic nitrogens is 2. The summed E-state index contributed by atoms with van der Waals surface area (Å²) in [4.78, 5) is 51.3. The highest BCUT2D eigenvalue weighted by Crippen LogP contribution is 2.39. The highest BCUT2D eigenvalue weighted by molar-refractivity contribution is 5.94. The number of nitrogens with one attached hydrogen (secondary N) is 2. The van der Waals surface area contributed by atoms with Crippen molar-refractivity contribution < 1.29 is 19.1 Å². The summed E-state index contributed by atoms with van der Waals surface area (Å²) in [5.74, 6) is 1.29. The summed E-state index contributed by atoms with van der Waals surface area (Å²) in [6.45, 7) is 13.7. The Bertz CT molecular complexity index is 1640. The van der Waals surface area contributed by atoms with Crippen molar-refractivity contribution >= 4 is 17.9 Å². The minimum atomic E-state index is -0.551. The fourth-order valence-electron chi connectivity index (χ4n) is 7.06. The van der Waals surface area contributed by atoms with Crippen LogP contribution in [0.15, 0.2) is 42.5 Å². The van der Waals surface area contributed by atoms with Crippen LogP contribution in [0.25, 0.3) is 22.4 Å². The lowest BCUT2D eigenvalue weighted by atomic mass is 9.89. The van der Waals surface area contributed by atoms with E-state index >= 15 is 0 Å². The molecular weight excluding hydrogens is 590 g/mol. The van der Waals surface area contributed by atoms with Gasteiger partial charge in [0.05, 0.1) is 17.8 Å². The Balaban J connectivity index is 1.11. The van der Waals surface area contributed by atoms with Gasteiger partial charge in [-0.2, -0.15) is 0 Å². The van der Waals surface area contributed by atoms with Gasteiger partial charge < -0.3 is 24.8 Å². The number of ether oxygens (including phenoxy) is 1. The van der Waals surface area contributed by atoms with Gasteiger partial charge in [-0.05, 0) is 94.0 Å². The van der Waals surface area contributed by atoms with Gasteiger partial charge in [-0.15, -0.1) is 0 Å². The molecule has 0 saturated carbocycles. The van der Waals surface area contributed by atoms with E-state index < -0.39 is 5.60 Å². The van der Waals surface area contributed by atoms with Gasteiger partial charge in [0.25, 0.3) is 5.91 Å². The Morgan fingerprint density at radius 2 is 1.66 bits per heavy atom. The second kappa shape index (κ2) is 13.2. The highest BCUT2D eigenvalue weighted by Gasteiger charge is 2.36. The van der Waals surface area contributed by atoms with E-state index in [1.807, 2.05) is 56.9 Å². The van der Waals surface area contributed by atoms with Crippen molar-refractivity contribution in [2.75, 3.05) is 19.6 Å². The molecule has 3 heterocycles. The van der Waals surface area contributed by atoms with Crippen molar-refractivity contribution in [1.29, 1.82) is 0 Å². The predicted molar refractivity (Wildman–Crippen MR) is 183 cm³/mol. The maximum absolute atomic E-state index is 13.2. The lowest BCUT2D eigenvalue weighted by Gasteiger charge is -2.28. The molecule has 2 saturated heterocycles. The van der Waals surface area contributed by atoms with Crippen molar-refractivity contribution in [2.24, 2.45) is 11.8 Å². The van der Waals surface area contributed by atoms with Crippen LogP contribution in [0.1, 0.15) is 101 Å². The third-order valence-electron chi connectivity index (χ3n) is 10.0. The van der Waals surface area contributed by atoms with Gasteiger partial charge in [0, 0.05) is 42.4 Å². The number of amides is 3. The maximum Gasteiger partial charge on any atom is 0.410 e. The van der Waals surface area contributed by atoms with Crippen molar-refractivity contribution in [3.63, 3.8) is 0 Å². The van der Waals surface area contributed by atoms with Gasteiger partial charge in [0.1, 0.15) is 11.4 Å². The SMILES string of the molecule is CC(C)C(C)C(=O)N1CCCC1c1nc2c([nH]1)CCc1cc(-c3ccc(C(=O)NCC4CCCN4C(=O)OC(C)(C)C)cc3)ccc1-2. The van der Waals surface area contributed by atoms with Gasteiger partial charge in [-0.1, -0.05) is 51.1 Å². The number of nitrogens with zero attached hydrogens (tertiary/aromatic N) is 3. The van der Waals surface area contributed by atoms with Crippen molar-refractivity contribution in [1.82, 2.24) is 25.1 Å². The molecule has 47 heavy (non-hydrogen) atoms. The predicted octanol–water partition coefficient (Wildman–Crippen LogP) is 6.93. The van der Waals surface area contributed by atoms with Gasteiger partial charge >= 0.3 is 6.09 Å². The average Bonchev–Trinajstić information content (AvgIpc) is 3.81. The van der Waals surface area contributed by atoms with Crippen LogP contribution in [0, 0.1) is 11.8 Å². The summed E-state index contributed by atoms with van der Waals surface area (Å²) in [5, 5.41) is 3.02. The van der Waals surface area contributed by atoms with Crippen molar-refractivity contribution in [3.05, 3.63) is 65.1 Å². The third-order valence-corrected chi connectivity index (χ3v) is 10.0. The molecule has 3 unspecified atom stereocenters. The van der Waals surface area contributed by atoms with E-state index in [2.05, 4.69) is 42.3 Å². The number of aryl methyl sites for hydroxylation is 2. The van der Waals surface area contributed by atoms with Crippen LogP contribution in [0.5, 0.6) is 0 Å². The molecular formula is C38H49N5O4. The molecule has 1 aliphatic carbocycles. The molecule has 250 valence electrons. The Kier molecular flexibility index (Phi) is 9.18. The van der Waals surface area contributed by atoms with Gasteiger partial charge in [-0.3, -0.25) is 9.59 Å². The second-order valence-corrected chi connectivity index (χ2v) is 14.8. The number of rotatable bonds is 7. The van der Waals surface area contributed by atoms with E-state index in [9.17, 15) is 14.4 Å². The number of hydrogen-bond donors (Lipinski definition) is 2. The molecule has 2 fully saturated rings. The number of carbonyl (C=O) groups is 3. The van der Waals surface area contributed by atoms with Crippen LogP contribution in [-0.2, 0) is 22.4 Å². The third kappa shape index (κ3) is 6.94. The fraction of sp³-hybridized carbons (Fsp3) is 0.526. The molecule has 3 atom stereocenters. The Morgan fingerprint density at radius 3 is 2.38 bits per heavy atom. The zero-order valence-electron chi connectivity index (χ0n) is 28.7. The lowest BCUT2D eigenvalue weighted by Crippen LogP contribution is -2.45. The summed E-state index contributed by atoms with van der Waals surface area (Å²) in [6, 6.07) is 14.2. The summed E-state index contributed by atoms with van der Waals surface area (Å²) >= 11 is 0. The molecule has 9 nitrogen and oxygen atoms in total. The minimum Gasteiger partial charge on any atom is -0.444 e. The van der Waals surface area contributed by atoms with Crippen molar-refractivity contribution in [2.45, 2.75) is 97.8 Å². The van der Waals surface area contributed by atoms with E-state index in [0.29, 0.717) is 24.6 Å². The fourth-order valence-corrected chi connectivity index (χ4v) is 7.06. The van der Waals surface area contributed by atoms with E-state index in [0.717, 1.165) is 79.0 Å². The van der Waals surface area contributed by atoms with Gasteiger partial charge in [0.15, 0.2) is 0 Å². The smallest absolute Gasteiger partial charge is 0.410 e. The molecule has 2 N–H and O–H groups in total. The molecule has 2 aromatic carbocycles. The van der Waals surface area contributed by atoms with Crippen LogP contribution in [0.4, 0.5) is 4.79 Å². The monoisotopic (exact) mass is 639 g/mol. The highest BCUT2D eigenvalue weighted by atomic mass is 16.6. The molecule has 0 bridgehead atoms. The van der Waals surface area contributed by atoms with E-state index in [4.69, 9.17) is 9.72 Å². The molecule has 3 amide bonds. The van der Waals surface area contributed by atoms with Crippen LogP contribution < -0.4 is 5.32 Å². The first-order valence-corrected chi connectivity index (χ1v) is 17.3. The number of imidazole rings is 1. The normalized spacial score (nSPS) is 19.8.